The van der Waals surface area contributed by atoms with E-state index in [2.05, 4.69) is 19.9 Å². The molecule has 0 saturated carbocycles. The van der Waals surface area contributed by atoms with Crippen molar-refractivity contribution < 1.29 is 47.6 Å². The van der Waals surface area contributed by atoms with Crippen molar-refractivity contribution in [2.45, 2.75) is 133 Å². The number of rotatable bonds is 14. The number of hydrogen-bond acceptors (Lipinski definition) is 20. The third-order valence-corrected chi connectivity index (χ3v) is 21.4. The molecular formula is C56H66F4N10O10S4. The van der Waals surface area contributed by atoms with Gasteiger partial charge >= 0.3 is 22.8 Å². The van der Waals surface area contributed by atoms with Crippen molar-refractivity contribution in [3.05, 3.63) is 174 Å². The lowest BCUT2D eigenvalue weighted by molar-refractivity contribution is 0.0630. The molecular weight excluding hydrogens is 1180 g/mol. The summed E-state index contributed by atoms with van der Waals surface area (Å²) in [7, 11) is 0. The minimum absolute atomic E-state index is 0.0289. The predicted octanol–water partition coefficient (Wildman–Crippen LogP) is 5.60. The summed E-state index contributed by atoms with van der Waals surface area (Å²) in [6.07, 6.45) is -0.430. The number of aliphatic hydroxyl groups is 4. The first-order chi connectivity index (χ1) is 40.1. The molecule has 28 heteroatoms. The average Bonchev–Trinajstić information content (AvgIpc) is 4.33. The van der Waals surface area contributed by atoms with Gasteiger partial charge in [-0.3, -0.25) is 27.9 Å². The fourth-order valence-electron chi connectivity index (χ4n) is 9.72. The summed E-state index contributed by atoms with van der Waals surface area (Å²) >= 11 is 5.00. The molecule has 4 fully saturated rings. The van der Waals surface area contributed by atoms with Crippen LogP contribution in [-0.4, -0.2) is 141 Å². The summed E-state index contributed by atoms with van der Waals surface area (Å²) in [5, 5.41) is 33.6. The maximum Gasteiger partial charge on any atom is 0.350 e. The summed E-state index contributed by atoms with van der Waals surface area (Å²) in [4.78, 5) is 87.1. The van der Waals surface area contributed by atoms with E-state index in [0.29, 0.717) is 22.5 Å². The highest BCUT2D eigenvalue weighted by Crippen LogP contribution is 2.49. The van der Waals surface area contributed by atoms with Gasteiger partial charge in [0.25, 0.3) is 0 Å². The average molecular weight is 1240 g/mol. The number of hydrogen-bond donors (Lipinski definition) is 6. The number of carbonyl (C=O) groups is 2. The van der Waals surface area contributed by atoms with Crippen LogP contribution in [0, 0.1) is 11.8 Å². The van der Waals surface area contributed by atoms with E-state index in [-0.39, 0.29) is 71.6 Å². The van der Waals surface area contributed by atoms with E-state index in [1.54, 1.807) is 66.9 Å². The monoisotopic (exact) mass is 1240 g/mol. The van der Waals surface area contributed by atoms with Crippen molar-refractivity contribution in [1.29, 1.82) is 0 Å². The second-order valence-electron chi connectivity index (χ2n) is 20.2. The second kappa shape index (κ2) is 29.8. The molecule has 4 aliphatic rings. The van der Waals surface area contributed by atoms with Crippen LogP contribution in [0.2, 0.25) is 0 Å². The Kier molecular flexibility index (Phi) is 23.2. The van der Waals surface area contributed by atoms with Crippen molar-refractivity contribution >= 4 is 70.2 Å². The first-order valence-corrected chi connectivity index (χ1v) is 30.7. The third-order valence-electron chi connectivity index (χ3n) is 14.6. The number of nitrogens with zero attached hydrogens (tertiary/aromatic N) is 8. The molecule has 84 heavy (non-hydrogen) atoms. The molecule has 0 amide bonds. The highest BCUT2D eigenvalue weighted by Gasteiger charge is 2.47. The first kappa shape index (κ1) is 65.4. The van der Waals surface area contributed by atoms with Crippen molar-refractivity contribution in [2.75, 3.05) is 24.7 Å². The number of nitrogen functional groups attached to an aromatic ring is 2. The summed E-state index contributed by atoms with van der Waals surface area (Å²) < 4.78 is 61.5. The van der Waals surface area contributed by atoms with Gasteiger partial charge in [0, 0.05) is 58.2 Å². The number of alkyl halides is 4. The zero-order valence-corrected chi connectivity index (χ0v) is 49.3. The van der Waals surface area contributed by atoms with Gasteiger partial charge in [0.1, 0.15) is 57.7 Å². The minimum atomic E-state index is -1.68. The Morgan fingerprint density at radius 1 is 0.476 bits per heavy atom. The maximum atomic E-state index is 14.6. The molecule has 452 valence electrons. The Bertz CT molecular complexity index is 3210. The Labute approximate surface area is 497 Å². The van der Waals surface area contributed by atoms with Crippen LogP contribution in [0.1, 0.15) is 94.1 Å². The maximum absolute atomic E-state index is 14.6. The fourth-order valence-corrected chi connectivity index (χ4v) is 15.7. The lowest BCUT2D eigenvalue weighted by atomic mass is 10.0. The van der Waals surface area contributed by atoms with Crippen LogP contribution >= 0.6 is 47.0 Å². The van der Waals surface area contributed by atoms with E-state index < -0.39 is 91.6 Å². The van der Waals surface area contributed by atoms with Crippen LogP contribution in [0.3, 0.4) is 0 Å². The van der Waals surface area contributed by atoms with Crippen molar-refractivity contribution in [1.82, 2.24) is 38.2 Å². The molecule has 10 rings (SSSR count). The molecule has 0 spiro atoms. The molecule has 0 bridgehead atoms. The number of carbonyl (C=O) groups excluding carboxylic acids is 2. The number of nitrogens with two attached hydrogens (primary N) is 2. The van der Waals surface area contributed by atoms with Gasteiger partial charge in [-0.2, -0.15) is 19.9 Å². The number of halogens is 4. The molecule has 4 aromatic heterocycles. The van der Waals surface area contributed by atoms with Gasteiger partial charge in [-0.15, -0.1) is 47.0 Å². The Morgan fingerprint density at radius 2 is 0.774 bits per heavy atom. The molecule has 20 nitrogen and oxygen atoms in total. The predicted molar refractivity (Wildman–Crippen MR) is 318 cm³/mol. The van der Waals surface area contributed by atoms with Gasteiger partial charge in [-0.05, 0) is 37.1 Å². The van der Waals surface area contributed by atoms with E-state index in [9.17, 15) is 56.5 Å². The Morgan fingerprint density at radius 3 is 1.05 bits per heavy atom. The standard InChI is InChI=1S/C19H21FN2O2S.C17H17FN2O4S.C11H16FN3OS.C9H12FN3O3S/c1-3-16-12(2)17(20)18(25-16)22-10-9-14(21-19(22)24)11-15(23)13-7-5-4-6-8-13;18-14-15(23)13(9-21)25-16(14)20-7-6-11(19-17(20)24)8-12(22)10-4-2-1-3-5-10;1-3-7-6(2)9(12)10(17-7)15-5-4-8(13)14-11(15)16;10-6-7(15)4(3-14)17-8(6)13-2-1-5(11)12-9(13)16/h4-10,12,16-18H,3,11H2,1-2H3;1-7,13-16,21,23H,8-9H2;4-7,9-10H,3H2,1-2H3,(H2,13,14,16);1-2,4,6-8,14-15H,3H2,(H2,11,12,16)/t12-,16-,17+,18-;13-,14+,15-,16-;6-,7-,9+,10-;4-,6+,7-,8-/m1111/s1. The summed E-state index contributed by atoms with van der Waals surface area (Å²) in [5.74, 6) is -0.164. The highest BCUT2D eigenvalue weighted by atomic mass is 32.2. The zero-order chi connectivity index (χ0) is 61.1. The molecule has 0 radical (unpaired) electrons. The quantitative estimate of drug-likeness (QED) is 0.0571. The number of aromatic nitrogens is 8. The Balaban J connectivity index is 0.000000163. The van der Waals surface area contributed by atoms with Crippen LogP contribution in [0.4, 0.5) is 29.2 Å². The highest BCUT2D eigenvalue weighted by molar-refractivity contribution is 8.01. The summed E-state index contributed by atoms with van der Waals surface area (Å²) in [6.45, 7) is 7.11. The molecule has 8 heterocycles. The number of anilines is 2. The fraction of sp³-hybridized carbons (Fsp3) is 0.464. The van der Waals surface area contributed by atoms with Crippen LogP contribution in [0.25, 0.3) is 0 Å². The van der Waals surface area contributed by atoms with E-state index in [1.165, 1.54) is 69.4 Å². The Hall–Kier alpha value is -6.14. The minimum Gasteiger partial charge on any atom is -0.395 e. The molecule has 0 aliphatic carbocycles. The number of aliphatic hydroxyl groups excluding tert-OH is 4. The summed E-state index contributed by atoms with van der Waals surface area (Å²) in [6, 6.07) is 23.6. The molecule has 4 saturated heterocycles. The van der Waals surface area contributed by atoms with Gasteiger partial charge in [0.2, 0.25) is 0 Å². The van der Waals surface area contributed by atoms with E-state index >= 15 is 0 Å². The van der Waals surface area contributed by atoms with Crippen LogP contribution in [0.5, 0.6) is 0 Å². The summed E-state index contributed by atoms with van der Waals surface area (Å²) in [5.41, 5.74) is 10.2. The van der Waals surface area contributed by atoms with Gasteiger partial charge < -0.3 is 31.9 Å². The van der Waals surface area contributed by atoms with E-state index in [0.717, 1.165) is 45.5 Å². The second-order valence-corrected chi connectivity index (χ2v) is 25.6. The lowest BCUT2D eigenvalue weighted by Gasteiger charge is -2.16. The van der Waals surface area contributed by atoms with Crippen molar-refractivity contribution in [2.24, 2.45) is 11.8 Å². The normalized spacial score (nSPS) is 28.7. The van der Waals surface area contributed by atoms with Gasteiger partial charge in [-0.25, -0.2) is 36.7 Å². The third kappa shape index (κ3) is 15.5. The van der Waals surface area contributed by atoms with Crippen molar-refractivity contribution in [3.8, 4) is 0 Å². The molecule has 4 aliphatic heterocycles. The zero-order valence-electron chi connectivity index (χ0n) is 46.0. The molecule has 0 unspecified atom stereocenters. The van der Waals surface area contributed by atoms with Crippen LogP contribution < -0.4 is 34.2 Å². The van der Waals surface area contributed by atoms with Gasteiger partial charge in [0.15, 0.2) is 23.9 Å². The number of benzene rings is 2. The molecule has 2 aromatic carbocycles. The number of Topliss-reactive ketones (excluding diaryl/α,β-unsaturated/α-hetero) is 2. The topological polar surface area (TPSA) is 307 Å². The number of ketones is 2. The van der Waals surface area contributed by atoms with Crippen LogP contribution in [0.15, 0.2) is 129 Å². The molecule has 6 aromatic rings. The van der Waals surface area contributed by atoms with E-state index in [4.69, 9.17) is 21.7 Å². The van der Waals surface area contributed by atoms with Gasteiger partial charge in [0.05, 0.1) is 47.9 Å². The lowest BCUT2D eigenvalue weighted by Crippen LogP contribution is -2.33. The molecule has 8 N–H and O–H groups in total. The SMILES string of the molecule is CC[C@H]1S[C@@H](n2ccc(CC(=O)c3ccccc3)nc2=O)[C@@H](F)[C@@H]1C.CC[C@H]1S[C@@H](n2ccc(N)nc2=O)[C@@H](F)[C@@H]1C.Nc1ccn([C@@H]2S[C@H](CO)[C@@H](O)[C@@H]2F)c(=O)n1.O=C(Cc1ccn([C@@H]2S[C@H](CO)[C@@H](O)[C@@H]2F)c(=O)n1)c1ccccc1. The van der Waals surface area contributed by atoms with E-state index in [1.807, 2.05) is 33.8 Å². The number of thioether (sulfide) groups is 4. The van der Waals surface area contributed by atoms with Crippen LogP contribution in [-0.2, 0) is 12.8 Å². The van der Waals surface area contributed by atoms with Crippen molar-refractivity contribution in [3.63, 3.8) is 0 Å². The first-order valence-electron chi connectivity index (χ1n) is 26.9. The van der Waals surface area contributed by atoms with Gasteiger partial charge in [-0.1, -0.05) is 88.4 Å². The largest absolute Gasteiger partial charge is 0.395 e. The molecule has 16 atom stereocenters. The smallest absolute Gasteiger partial charge is 0.350 e.